The molecule has 0 saturated heterocycles. The molecule has 0 amide bonds. The number of carboxylic acid groups (broad SMARTS) is 1. The van der Waals surface area contributed by atoms with Crippen molar-refractivity contribution in [3.63, 3.8) is 0 Å². The van der Waals surface area contributed by atoms with Gasteiger partial charge in [-0.1, -0.05) is 63.5 Å². The Balaban J connectivity index is 1.85. The molecule has 4 heteroatoms. The largest absolute Gasteiger partial charge is 0.481 e. The van der Waals surface area contributed by atoms with Gasteiger partial charge in [0.25, 0.3) is 0 Å². The number of rotatable bonds is 6. The molecule has 0 aromatic carbocycles. The lowest BCUT2D eigenvalue weighted by molar-refractivity contribution is -0.136. The number of hydrogen-bond donors (Lipinski definition) is 3. The molecule has 3 saturated carbocycles. The molecule has 0 bridgehead atoms. The average molecular weight is 417 g/mol. The first-order valence-corrected chi connectivity index (χ1v) is 12.1. The highest BCUT2D eigenvalue weighted by Crippen LogP contribution is 2.68. The van der Waals surface area contributed by atoms with Gasteiger partial charge in [-0.2, -0.15) is 0 Å². The van der Waals surface area contributed by atoms with Crippen molar-refractivity contribution < 1.29 is 20.1 Å². The molecule has 0 radical (unpaired) electrons. The Morgan fingerprint density at radius 1 is 1.23 bits per heavy atom. The molecule has 3 aliphatic carbocycles. The van der Waals surface area contributed by atoms with E-state index in [1.807, 2.05) is 0 Å². The summed E-state index contributed by atoms with van der Waals surface area (Å²) < 4.78 is 0. The van der Waals surface area contributed by atoms with E-state index >= 15 is 0 Å². The zero-order valence-corrected chi connectivity index (χ0v) is 18.9. The van der Waals surface area contributed by atoms with Gasteiger partial charge in [0, 0.05) is 6.42 Å². The van der Waals surface area contributed by atoms with Crippen molar-refractivity contribution in [2.75, 3.05) is 0 Å². The third kappa shape index (κ3) is 4.34. The molecule has 0 heterocycles. The Bertz CT molecular complexity index is 694. The van der Waals surface area contributed by atoms with Gasteiger partial charge >= 0.3 is 5.97 Å². The van der Waals surface area contributed by atoms with Crippen molar-refractivity contribution in [3.8, 4) is 11.8 Å². The maximum absolute atomic E-state index is 11.0. The minimum absolute atomic E-state index is 0.00749. The standard InChI is InChI=1S/C26H40O4/c1-4-19-21(11-8-12-24(29)30)26(17(2)3)16-15-23(28)20(25(19)26)13-14-22(27)18-9-6-5-7-10-18/h11,17-20,22-23,25,27-28H,4-10,12,15-16H2,1-3H3,(H,29,30)/t19?,20-,22?,23+,25+,26-/m0/s1. The third-order valence-electron chi connectivity index (χ3n) is 8.31. The summed E-state index contributed by atoms with van der Waals surface area (Å²) >= 11 is 0. The van der Waals surface area contributed by atoms with Crippen LogP contribution in [0.4, 0.5) is 0 Å². The predicted octanol–water partition coefficient (Wildman–Crippen LogP) is 4.79. The van der Waals surface area contributed by atoms with E-state index in [-0.39, 0.29) is 29.6 Å². The summed E-state index contributed by atoms with van der Waals surface area (Å²) in [5.74, 6) is 6.99. The molecular weight excluding hydrogens is 376 g/mol. The molecule has 0 spiro atoms. The van der Waals surface area contributed by atoms with E-state index in [2.05, 4.69) is 38.7 Å². The fourth-order valence-electron chi connectivity index (χ4n) is 6.79. The second kappa shape index (κ2) is 9.88. The van der Waals surface area contributed by atoms with Gasteiger partial charge in [-0.3, -0.25) is 4.79 Å². The van der Waals surface area contributed by atoms with Crippen LogP contribution in [0, 0.1) is 46.8 Å². The number of allylic oxidation sites excluding steroid dienone is 2. The summed E-state index contributed by atoms with van der Waals surface area (Å²) in [6, 6.07) is 0. The SMILES string of the molecule is CCC1C(=CCCC(=O)O)[C@@]2(C(C)C)CC[C@@H](O)[C@H](C#CC(O)C3CCCCC3)[C@@H]12. The average Bonchev–Trinajstić information content (AvgIpc) is 2.71. The van der Waals surface area contributed by atoms with Crippen molar-refractivity contribution in [3.05, 3.63) is 11.6 Å². The van der Waals surface area contributed by atoms with Crippen LogP contribution in [0.5, 0.6) is 0 Å². The van der Waals surface area contributed by atoms with Gasteiger partial charge in [0.1, 0.15) is 6.10 Å². The zero-order valence-electron chi connectivity index (χ0n) is 18.9. The summed E-state index contributed by atoms with van der Waals surface area (Å²) in [5.41, 5.74) is 1.41. The molecule has 168 valence electrons. The molecule has 4 nitrogen and oxygen atoms in total. The van der Waals surface area contributed by atoms with E-state index < -0.39 is 18.2 Å². The number of aliphatic hydroxyl groups is 2. The quantitative estimate of drug-likeness (QED) is 0.430. The predicted molar refractivity (Wildman–Crippen MR) is 119 cm³/mol. The summed E-state index contributed by atoms with van der Waals surface area (Å²) in [7, 11) is 0. The number of aliphatic hydroxyl groups excluding tert-OH is 2. The number of hydrogen-bond acceptors (Lipinski definition) is 3. The highest BCUT2D eigenvalue weighted by atomic mass is 16.4. The Labute approximate surface area is 182 Å². The van der Waals surface area contributed by atoms with Gasteiger partial charge in [0.05, 0.1) is 12.0 Å². The highest BCUT2D eigenvalue weighted by Gasteiger charge is 2.63. The van der Waals surface area contributed by atoms with Crippen LogP contribution in [-0.2, 0) is 4.79 Å². The smallest absolute Gasteiger partial charge is 0.303 e. The molecule has 3 N–H and O–H groups in total. The van der Waals surface area contributed by atoms with Crippen molar-refractivity contribution in [1.82, 2.24) is 0 Å². The van der Waals surface area contributed by atoms with Crippen LogP contribution in [0.25, 0.3) is 0 Å². The van der Waals surface area contributed by atoms with Gasteiger partial charge in [0.15, 0.2) is 0 Å². The molecule has 0 aliphatic heterocycles. The first-order valence-electron chi connectivity index (χ1n) is 12.1. The topological polar surface area (TPSA) is 77.8 Å². The Kier molecular flexibility index (Phi) is 7.69. The van der Waals surface area contributed by atoms with Crippen LogP contribution < -0.4 is 0 Å². The molecule has 3 aliphatic rings. The Hall–Kier alpha value is -1.31. The molecule has 0 aromatic heterocycles. The van der Waals surface area contributed by atoms with Crippen molar-refractivity contribution >= 4 is 5.97 Å². The van der Waals surface area contributed by atoms with Crippen molar-refractivity contribution in [2.24, 2.45) is 35.0 Å². The molecule has 3 fully saturated rings. The van der Waals surface area contributed by atoms with Crippen LogP contribution in [-0.4, -0.2) is 33.5 Å². The van der Waals surface area contributed by atoms with Crippen molar-refractivity contribution in [2.45, 2.75) is 97.2 Å². The molecule has 3 rings (SSSR count). The van der Waals surface area contributed by atoms with Gasteiger partial charge in [-0.05, 0) is 67.6 Å². The summed E-state index contributed by atoms with van der Waals surface area (Å²) in [6.07, 6.45) is 10.2. The molecule has 6 atom stereocenters. The molecule has 0 aromatic rings. The first kappa shape index (κ1) is 23.4. The molecular formula is C26H40O4. The van der Waals surface area contributed by atoms with Crippen LogP contribution in [0.2, 0.25) is 0 Å². The van der Waals surface area contributed by atoms with E-state index in [0.717, 1.165) is 32.1 Å². The van der Waals surface area contributed by atoms with Crippen LogP contribution in [0.15, 0.2) is 11.6 Å². The minimum atomic E-state index is -0.756. The van der Waals surface area contributed by atoms with E-state index in [1.54, 1.807) is 0 Å². The Morgan fingerprint density at radius 3 is 2.53 bits per heavy atom. The lowest BCUT2D eigenvalue weighted by Gasteiger charge is -2.65. The van der Waals surface area contributed by atoms with Gasteiger partial charge in [-0.25, -0.2) is 0 Å². The maximum Gasteiger partial charge on any atom is 0.303 e. The number of carbonyl (C=O) groups is 1. The van der Waals surface area contributed by atoms with E-state index in [4.69, 9.17) is 5.11 Å². The molecule has 2 unspecified atom stereocenters. The second-order valence-corrected chi connectivity index (χ2v) is 10.1. The van der Waals surface area contributed by atoms with E-state index in [9.17, 15) is 15.0 Å². The van der Waals surface area contributed by atoms with E-state index in [1.165, 1.54) is 24.8 Å². The summed E-state index contributed by atoms with van der Waals surface area (Å²) in [6.45, 7) is 6.69. The lowest BCUT2D eigenvalue weighted by atomic mass is 9.39. The van der Waals surface area contributed by atoms with Gasteiger partial charge in [0.2, 0.25) is 0 Å². The second-order valence-electron chi connectivity index (χ2n) is 10.1. The lowest BCUT2D eigenvalue weighted by Crippen LogP contribution is -2.61. The fraction of sp³-hybridized carbons (Fsp3) is 0.808. The monoisotopic (exact) mass is 416 g/mol. The zero-order chi connectivity index (χ0) is 21.9. The van der Waals surface area contributed by atoms with Gasteiger partial charge in [-0.15, -0.1) is 0 Å². The molecule has 30 heavy (non-hydrogen) atoms. The van der Waals surface area contributed by atoms with Gasteiger partial charge < -0.3 is 15.3 Å². The summed E-state index contributed by atoms with van der Waals surface area (Å²) in [4.78, 5) is 11.0. The number of carboxylic acids is 1. The number of aliphatic carboxylic acids is 1. The van der Waals surface area contributed by atoms with Crippen LogP contribution >= 0.6 is 0 Å². The highest BCUT2D eigenvalue weighted by molar-refractivity contribution is 5.66. The third-order valence-corrected chi connectivity index (χ3v) is 8.31. The Morgan fingerprint density at radius 2 is 1.93 bits per heavy atom. The maximum atomic E-state index is 11.0. The minimum Gasteiger partial charge on any atom is -0.481 e. The van der Waals surface area contributed by atoms with Crippen LogP contribution in [0.1, 0.15) is 85.0 Å². The normalized spacial score (nSPS) is 36.5. The van der Waals surface area contributed by atoms with Crippen LogP contribution in [0.3, 0.4) is 0 Å². The number of fused-ring (bicyclic) bond motifs is 1. The first-order chi connectivity index (χ1) is 14.3. The van der Waals surface area contributed by atoms with Crippen molar-refractivity contribution in [1.29, 1.82) is 0 Å². The fourth-order valence-corrected chi connectivity index (χ4v) is 6.79. The van der Waals surface area contributed by atoms with E-state index in [0.29, 0.717) is 18.3 Å². The summed E-state index contributed by atoms with van der Waals surface area (Å²) in [5, 5.41) is 30.6.